The molecule has 1 saturated carbocycles. The van der Waals surface area contributed by atoms with Crippen LogP contribution < -0.4 is 9.47 Å². The van der Waals surface area contributed by atoms with Crippen LogP contribution in [0.1, 0.15) is 87.1 Å². The predicted octanol–water partition coefficient (Wildman–Crippen LogP) is 7.74. The molecule has 7 heteroatoms. The lowest BCUT2D eigenvalue weighted by molar-refractivity contribution is 0.0722. The number of carbonyl (C=O) groups excluding carboxylic acids is 1. The van der Waals surface area contributed by atoms with E-state index < -0.39 is 34.7 Å². The number of hydrogen-bond acceptors (Lipinski definition) is 4. The van der Waals surface area contributed by atoms with Crippen LogP contribution in [0.15, 0.2) is 30.3 Å². The van der Waals surface area contributed by atoms with Crippen molar-refractivity contribution < 1.29 is 27.4 Å². The number of ether oxygens (including phenoxy) is 2. The number of carbonyl (C=O) groups is 1. The lowest BCUT2D eigenvalue weighted by Crippen LogP contribution is -2.21. The van der Waals surface area contributed by atoms with Gasteiger partial charge in [0, 0.05) is 6.07 Å². The van der Waals surface area contributed by atoms with Gasteiger partial charge in [0.2, 0.25) is 5.82 Å². The number of nitriles is 1. The van der Waals surface area contributed by atoms with Crippen LogP contribution in [-0.4, -0.2) is 12.6 Å². The van der Waals surface area contributed by atoms with Crippen LogP contribution in [0.3, 0.4) is 0 Å². The van der Waals surface area contributed by atoms with Gasteiger partial charge in [-0.15, -0.1) is 0 Å². The van der Waals surface area contributed by atoms with E-state index in [0.717, 1.165) is 25.7 Å². The average molecular weight is 488 g/mol. The lowest BCUT2D eigenvalue weighted by Gasteiger charge is -2.28. The molecule has 0 radical (unpaired) electrons. The summed E-state index contributed by atoms with van der Waals surface area (Å²) in [6.07, 6.45) is 11.7. The van der Waals surface area contributed by atoms with Gasteiger partial charge in [-0.3, -0.25) is 0 Å². The quantitative estimate of drug-likeness (QED) is 0.141. The molecule has 0 amide bonds. The van der Waals surface area contributed by atoms with E-state index in [0.29, 0.717) is 17.5 Å². The highest BCUT2D eigenvalue weighted by atomic mass is 19.2. The van der Waals surface area contributed by atoms with Crippen LogP contribution >= 0.6 is 0 Å². The first kappa shape index (κ1) is 26.6. The third kappa shape index (κ3) is 7.48. The molecule has 2 aromatic carbocycles. The average Bonchev–Trinajstić information content (AvgIpc) is 2.86. The Morgan fingerprint density at radius 3 is 2.29 bits per heavy atom. The van der Waals surface area contributed by atoms with Crippen molar-refractivity contribution in [3.63, 3.8) is 0 Å². The van der Waals surface area contributed by atoms with Gasteiger partial charge in [0.15, 0.2) is 11.6 Å². The van der Waals surface area contributed by atoms with Crippen molar-refractivity contribution in [1.82, 2.24) is 0 Å². The molecule has 0 aliphatic heterocycles. The Balaban J connectivity index is 1.52. The Hall–Kier alpha value is -3.01. The maximum absolute atomic E-state index is 14.6. The van der Waals surface area contributed by atoms with Crippen molar-refractivity contribution in [2.75, 3.05) is 6.61 Å². The smallest absolute Gasteiger partial charge is 0.349 e. The summed E-state index contributed by atoms with van der Waals surface area (Å²) in [5, 5.41) is 8.80. The first-order valence-corrected chi connectivity index (χ1v) is 12.5. The van der Waals surface area contributed by atoms with Crippen molar-refractivity contribution in [2.24, 2.45) is 11.8 Å². The highest BCUT2D eigenvalue weighted by Crippen LogP contribution is 2.33. The molecule has 3 rings (SSSR count). The van der Waals surface area contributed by atoms with Gasteiger partial charge in [0.25, 0.3) is 0 Å². The number of hydrogen-bond donors (Lipinski definition) is 0. The van der Waals surface area contributed by atoms with Gasteiger partial charge in [-0.05, 0) is 48.9 Å². The molecule has 188 valence electrons. The second-order valence-electron chi connectivity index (χ2n) is 9.29. The number of halogens is 3. The molecule has 2 aromatic rings. The largest absolute Gasteiger partial charge is 0.490 e. The standard InChI is InChI=1S/C28H32F3NO3/c1-2-3-4-5-6-7-19-8-10-21(11-9-19)18-34-24-16-23(29)25(27(31)26(24)30)28(33)35-22-14-12-20(17-32)13-15-22/h12-16,19,21H,2-11,18H2,1H3. The molecule has 4 nitrogen and oxygen atoms in total. The molecule has 0 unspecified atom stereocenters. The number of esters is 1. The number of unbranched alkanes of at least 4 members (excludes halogenated alkanes) is 4. The zero-order valence-corrected chi connectivity index (χ0v) is 20.1. The molecule has 1 aliphatic rings. The molecular formula is C28H32F3NO3. The van der Waals surface area contributed by atoms with Crippen LogP contribution in [0.2, 0.25) is 0 Å². The third-order valence-electron chi connectivity index (χ3n) is 6.68. The van der Waals surface area contributed by atoms with Crippen molar-refractivity contribution >= 4 is 5.97 Å². The van der Waals surface area contributed by atoms with E-state index in [-0.39, 0.29) is 18.3 Å². The van der Waals surface area contributed by atoms with Crippen molar-refractivity contribution in [1.29, 1.82) is 5.26 Å². The topological polar surface area (TPSA) is 59.3 Å². The number of rotatable bonds is 11. The third-order valence-corrected chi connectivity index (χ3v) is 6.68. The summed E-state index contributed by atoms with van der Waals surface area (Å²) < 4.78 is 54.1. The highest BCUT2D eigenvalue weighted by molar-refractivity contribution is 5.92. The maximum atomic E-state index is 14.6. The zero-order valence-electron chi connectivity index (χ0n) is 20.1. The summed E-state index contributed by atoms with van der Waals surface area (Å²) in [4.78, 5) is 12.3. The van der Waals surface area contributed by atoms with Gasteiger partial charge >= 0.3 is 5.97 Å². The zero-order chi connectivity index (χ0) is 25.2. The molecule has 0 saturated heterocycles. The normalized spacial score (nSPS) is 17.6. The molecule has 0 N–H and O–H groups in total. The van der Waals surface area contributed by atoms with Crippen LogP contribution in [0, 0.1) is 40.6 Å². The summed E-state index contributed by atoms with van der Waals surface area (Å²) in [6, 6.07) is 7.97. The summed E-state index contributed by atoms with van der Waals surface area (Å²) in [6.45, 7) is 2.38. The van der Waals surface area contributed by atoms with Crippen LogP contribution in [-0.2, 0) is 0 Å². The summed E-state index contributed by atoms with van der Waals surface area (Å²) in [5.41, 5.74) is -0.802. The molecule has 35 heavy (non-hydrogen) atoms. The first-order chi connectivity index (χ1) is 16.9. The van der Waals surface area contributed by atoms with Gasteiger partial charge < -0.3 is 9.47 Å². The molecule has 0 spiro atoms. The Labute approximate surface area is 205 Å². The minimum Gasteiger partial charge on any atom is -0.490 e. The SMILES string of the molecule is CCCCCCCC1CCC(COc2cc(F)c(C(=O)Oc3ccc(C#N)cc3)c(F)c2F)CC1. The van der Waals surface area contributed by atoms with E-state index in [4.69, 9.17) is 14.7 Å². The maximum Gasteiger partial charge on any atom is 0.349 e. The van der Waals surface area contributed by atoms with Crippen molar-refractivity contribution in [3.8, 4) is 17.6 Å². The molecule has 1 aliphatic carbocycles. The Bertz CT molecular complexity index is 1030. The van der Waals surface area contributed by atoms with Crippen LogP contribution in [0.25, 0.3) is 0 Å². The van der Waals surface area contributed by atoms with E-state index >= 15 is 0 Å². The van der Waals surface area contributed by atoms with Gasteiger partial charge in [0.1, 0.15) is 17.1 Å². The molecule has 0 aromatic heterocycles. The van der Waals surface area contributed by atoms with Crippen molar-refractivity contribution in [3.05, 3.63) is 58.9 Å². The van der Waals surface area contributed by atoms with Crippen molar-refractivity contribution in [2.45, 2.75) is 71.1 Å². The Morgan fingerprint density at radius 2 is 1.63 bits per heavy atom. The Morgan fingerprint density at radius 1 is 0.971 bits per heavy atom. The fraction of sp³-hybridized carbons (Fsp3) is 0.500. The van der Waals surface area contributed by atoms with Gasteiger partial charge in [-0.1, -0.05) is 58.3 Å². The molecular weight excluding hydrogens is 455 g/mol. The van der Waals surface area contributed by atoms with Gasteiger partial charge in [-0.25, -0.2) is 13.6 Å². The minimum absolute atomic E-state index is 0.0231. The van der Waals surface area contributed by atoms with Gasteiger partial charge in [-0.2, -0.15) is 9.65 Å². The van der Waals surface area contributed by atoms with E-state index in [1.165, 1.54) is 62.8 Å². The Kier molecular flexibility index (Phi) is 10.0. The fourth-order valence-corrected chi connectivity index (χ4v) is 4.55. The minimum atomic E-state index is -1.65. The van der Waals surface area contributed by atoms with E-state index in [1.807, 2.05) is 6.07 Å². The molecule has 1 fully saturated rings. The van der Waals surface area contributed by atoms with E-state index in [1.54, 1.807) is 0 Å². The number of benzene rings is 2. The van der Waals surface area contributed by atoms with Crippen LogP contribution in [0.4, 0.5) is 13.2 Å². The summed E-state index contributed by atoms with van der Waals surface area (Å²) in [7, 11) is 0. The number of nitrogens with zero attached hydrogens (tertiary/aromatic N) is 1. The lowest BCUT2D eigenvalue weighted by atomic mass is 9.80. The van der Waals surface area contributed by atoms with Crippen LogP contribution in [0.5, 0.6) is 11.5 Å². The predicted molar refractivity (Wildman–Crippen MR) is 127 cm³/mol. The van der Waals surface area contributed by atoms with E-state index in [2.05, 4.69) is 6.92 Å². The monoisotopic (exact) mass is 487 g/mol. The summed E-state index contributed by atoms with van der Waals surface area (Å²) in [5.74, 6) is -5.35. The molecule has 0 heterocycles. The van der Waals surface area contributed by atoms with E-state index in [9.17, 15) is 18.0 Å². The fourth-order valence-electron chi connectivity index (χ4n) is 4.55. The summed E-state index contributed by atoms with van der Waals surface area (Å²) >= 11 is 0. The molecule has 0 atom stereocenters. The van der Waals surface area contributed by atoms with Gasteiger partial charge in [0.05, 0.1) is 18.2 Å². The second kappa shape index (κ2) is 13.2. The molecule has 0 bridgehead atoms. The second-order valence-corrected chi connectivity index (χ2v) is 9.29. The first-order valence-electron chi connectivity index (χ1n) is 12.5. The highest BCUT2D eigenvalue weighted by Gasteiger charge is 2.28.